The van der Waals surface area contributed by atoms with Gasteiger partial charge in [0.2, 0.25) is 5.91 Å². The van der Waals surface area contributed by atoms with Crippen LogP contribution in [0, 0.1) is 0 Å². The average molecular weight is 299 g/mol. The van der Waals surface area contributed by atoms with E-state index in [4.69, 9.17) is 4.74 Å². The lowest BCUT2D eigenvalue weighted by molar-refractivity contribution is -0.158. The van der Waals surface area contributed by atoms with Gasteiger partial charge in [-0.25, -0.2) is 4.79 Å². The Morgan fingerprint density at radius 2 is 1.52 bits per heavy atom. The van der Waals surface area contributed by atoms with Crippen LogP contribution in [-0.4, -0.2) is 23.5 Å². The van der Waals surface area contributed by atoms with Gasteiger partial charge >= 0.3 is 5.97 Å². The van der Waals surface area contributed by atoms with Gasteiger partial charge < -0.3 is 10.1 Å². The highest BCUT2D eigenvalue weighted by Crippen LogP contribution is 2.10. The number of rotatable bonds is 10. The SMILES string of the molecule is CCCCCCCCCC(=O)N[C@@H](C)C(=O)OC(C)(C)C. The zero-order valence-electron chi connectivity index (χ0n) is 14.5. The minimum atomic E-state index is -0.582. The first-order chi connectivity index (χ1) is 9.76. The lowest BCUT2D eigenvalue weighted by Crippen LogP contribution is -2.42. The fraction of sp³-hybridized carbons (Fsp3) is 0.882. The largest absolute Gasteiger partial charge is 0.458 e. The van der Waals surface area contributed by atoms with Crippen LogP contribution in [0.2, 0.25) is 0 Å². The molecule has 0 rings (SSSR count). The molecule has 0 bridgehead atoms. The molecule has 0 aromatic heterocycles. The van der Waals surface area contributed by atoms with Gasteiger partial charge in [-0.05, 0) is 34.1 Å². The first-order valence-electron chi connectivity index (χ1n) is 8.28. The van der Waals surface area contributed by atoms with Crippen LogP contribution in [0.5, 0.6) is 0 Å². The van der Waals surface area contributed by atoms with Crippen molar-refractivity contribution in [3.63, 3.8) is 0 Å². The fourth-order valence-electron chi connectivity index (χ4n) is 2.01. The van der Waals surface area contributed by atoms with Crippen LogP contribution in [0.15, 0.2) is 0 Å². The lowest BCUT2D eigenvalue weighted by Gasteiger charge is -2.22. The van der Waals surface area contributed by atoms with Crippen LogP contribution in [0.1, 0.15) is 86.0 Å². The molecule has 0 aromatic rings. The third kappa shape index (κ3) is 12.4. The molecule has 21 heavy (non-hydrogen) atoms. The van der Waals surface area contributed by atoms with Crippen molar-refractivity contribution < 1.29 is 14.3 Å². The first-order valence-corrected chi connectivity index (χ1v) is 8.28. The van der Waals surface area contributed by atoms with Gasteiger partial charge in [-0.3, -0.25) is 4.79 Å². The Labute approximate surface area is 130 Å². The van der Waals surface area contributed by atoms with E-state index in [9.17, 15) is 9.59 Å². The molecule has 0 spiro atoms. The van der Waals surface area contributed by atoms with E-state index < -0.39 is 11.6 Å². The number of nitrogens with one attached hydrogen (secondary N) is 1. The standard InChI is InChI=1S/C17H33NO3/c1-6-7-8-9-10-11-12-13-15(19)18-14(2)16(20)21-17(3,4)5/h14H,6-13H2,1-5H3,(H,18,19)/t14-/m0/s1. The number of carbonyl (C=O) groups excluding carboxylic acids is 2. The number of amides is 1. The Kier molecular flexibility index (Phi) is 10.1. The highest BCUT2D eigenvalue weighted by molar-refractivity contribution is 5.84. The maximum atomic E-state index is 11.7. The maximum Gasteiger partial charge on any atom is 0.328 e. The molecule has 1 N–H and O–H groups in total. The van der Waals surface area contributed by atoms with E-state index in [0.717, 1.165) is 12.8 Å². The summed E-state index contributed by atoms with van der Waals surface area (Å²) < 4.78 is 5.23. The molecule has 0 aliphatic heterocycles. The number of hydrogen-bond donors (Lipinski definition) is 1. The normalized spacial score (nSPS) is 12.8. The van der Waals surface area contributed by atoms with Gasteiger partial charge in [0.1, 0.15) is 11.6 Å². The van der Waals surface area contributed by atoms with E-state index in [-0.39, 0.29) is 11.9 Å². The number of hydrogen-bond acceptors (Lipinski definition) is 3. The van der Waals surface area contributed by atoms with Gasteiger partial charge in [-0.1, -0.05) is 45.4 Å². The monoisotopic (exact) mass is 299 g/mol. The predicted octanol–water partition coefficient (Wildman–Crippen LogP) is 3.97. The zero-order valence-corrected chi connectivity index (χ0v) is 14.5. The molecule has 4 heteroatoms. The van der Waals surface area contributed by atoms with Crippen LogP contribution >= 0.6 is 0 Å². The van der Waals surface area contributed by atoms with Crippen molar-refractivity contribution >= 4 is 11.9 Å². The smallest absolute Gasteiger partial charge is 0.328 e. The molecular formula is C17H33NO3. The van der Waals surface area contributed by atoms with Crippen LogP contribution in [0.3, 0.4) is 0 Å². The summed E-state index contributed by atoms with van der Waals surface area (Å²) in [5.41, 5.74) is -0.519. The van der Waals surface area contributed by atoms with Crippen LogP contribution in [0.4, 0.5) is 0 Å². The van der Waals surface area contributed by atoms with E-state index in [0.29, 0.717) is 6.42 Å². The Balaban J connectivity index is 3.71. The quantitative estimate of drug-likeness (QED) is 0.490. The van der Waals surface area contributed by atoms with Gasteiger partial charge in [-0.2, -0.15) is 0 Å². The van der Waals surface area contributed by atoms with E-state index >= 15 is 0 Å². The molecule has 0 aliphatic carbocycles. The van der Waals surface area contributed by atoms with E-state index in [1.165, 1.54) is 32.1 Å². The lowest BCUT2D eigenvalue weighted by atomic mass is 10.1. The highest BCUT2D eigenvalue weighted by Gasteiger charge is 2.22. The summed E-state index contributed by atoms with van der Waals surface area (Å²) in [6, 6.07) is -0.582. The summed E-state index contributed by atoms with van der Waals surface area (Å²) in [5.74, 6) is -0.447. The molecule has 0 saturated carbocycles. The molecule has 1 amide bonds. The van der Waals surface area contributed by atoms with Crippen molar-refractivity contribution in [2.75, 3.05) is 0 Å². The van der Waals surface area contributed by atoms with Crippen LogP contribution in [-0.2, 0) is 14.3 Å². The van der Waals surface area contributed by atoms with Gasteiger partial charge in [0.05, 0.1) is 0 Å². The van der Waals surface area contributed by atoms with Crippen LogP contribution < -0.4 is 5.32 Å². The summed E-state index contributed by atoms with van der Waals surface area (Å²) in [5, 5.41) is 2.70. The molecule has 1 atom stereocenters. The Hall–Kier alpha value is -1.06. The molecule has 4 nitrogen and oxygen atoms in total. The van der Waals surface area contributed by atoms with E-state index in [2.05, 4.69) is 12.2 Å². The minimum absolute atomic E-state index is 0.0677. The van der Waals surface area contributed by atoms with Crippen molar-refractivity contribution in [1.29, 1.82) is 0 Å². The van der Waals surface area contributed by atoms with Crippen molar-refractivity contribution in [2.24, 2.45) is 0 Å². The van der Waals surface area contributed by atoms with Crippen LogP contribution in [0.25, 0.3) is 0 Å². The molecule has 0 unspecified atom stereocenters. The molecule has 124 valence electrons. The third-order valence-corrected chi connectivity index (χ3v) is 3.15. The number of esters is 1. The number of unbranched alkanes of at least 4 members (excludes halogenated alkanes) is 6. The second kappa shape index (κ2) is 10.6. The Bertz CT molecular complexity index is 308. The Morgan fingerprint density at radius 3 is 2.05 bits per heavy atom. The highest BCUT2D eigenvalue weighted by atomic mass is 16.6. The van der Waals surface area contributed by atoms with E-state index in [1.54, 1.807) is 6.92 Å². The summed E-state index contributed by atoms with van der Waals surface area (Å²) in [7, 11) is 0. The van der Waals surface area contributed by atoms with Crippen molar-refractivity contribution in [3.05, 3.63) is 0 Å². The number of carbonyl (C=O) groups is 2. The second-order valence-corrected chi connectivity index (χ2v) is 6.69. The Morgan fingerprint density at radius 1 is 1.00 bits per heavy atom. The minimum Gasteiger partial charge on any atom is -0.458 e. The maximum absolute atomic E-state index is 11.7. The summed E-state index contributed by atoms with van der Waals surface area (Å²) >= 11 is 0. The second-order valence-electron chi connectivity index (χ2n) is 6.69. The molecule has 0 aromatic carbocycles. The molecular weight excluding hydrogens is 266 g/mol. The summed E-state index contributed by atoms with van der Waals surface area (Å²) in [6.07, 6.45) is 8.74. The van der Waals surface area contributed by atoms with Gasteiger partial charge in [0, 0.05) is 6.42 Å². The number of ether oxygens (including phenoxy) is 1. The summed E-state index contributed by atoms with van der Waals surface area (Å²) in [6.45, 7) is 9.32. The molecule has 0 saturated heterocycles. The van der Waals surface area contributed by atoms with E-state index in [1.807, 2.05) is 20.8 Å². The zero-order chi connectivity index (χ0) is 16.3. The predicted molar refractivity (Wildman–Crippen MR) is 86.1 cm³/mol. The third-order valence-electron chi connectivity index (χ3n) is 3.15. The molecule has 0 aliphatic rings. The topological polar surface area (TPSA) is 55.4 Å². The molecule has 0 fully saturated rings. The van der Waals surface area contributed by atoms with Crippen molar-refractivity contribution in [1.82, 2.24) is 5.32 Å². The van der Waals surface area contributed by atoms with Gasteiger partial charge in [-0.15, -0.1) is 0 Å². The van der Waals surface area contributed by atoms with Gasteiger partial charge in [0.15, 0.2) is 0 Å². The average Bonchev–Trinajstić information content (AvgIpc) is 2.35. The summed E-state index contributed by atoms with van der Waals surface area (Å²) in [4.78, 5) is 23.5. The molecule has 0 radical (unpaired) electrons. The fourth-order valence-corrected chi connectivity index (χ4v) is 2.01. The van der Waals surface area contributed by atoms with Crippen molar-refractivity contribution in [3.8, 4) is 0 Å². The first kappa shape index (κ1) is 19.9. The molecule has 0 heterocycles. The van der Waals surface area contributed by atoms with Gasteiger partial charge in [0.25, 0.3) is 0 Å². The van der Waals surface area contributed by atoms with Crippen molar-refractivity contribution in [2.45, 2.75) is 97.6 Å².